The zero-order valence-electron chi connectivity index (χ0n) is 17.1. The highest BCUT2D eigenvalue weighted by atomic mass is 35.5. The molecule has 0 unspecified atom stereocenters. The number of rotatable bonds is 7. The molecule has 1 rings (SSSR count). The van der Waals surface area contributed by atoms with E-state index in [1.165, 1.54) is 12.1 Å². The van der Waals surface area contributed by atoms with Gasteiger partial charge in [-0.2, -0.15) is 0 Å². The first-order valence-electron chi connectivity index (χ1n) is 9.19. The lowest BCUT2D eigenvalue weighted by atomic mass is 9.84. The number of carbonyl (C=O) groups excluding carboxylic acids is 2. The third kappa shape index (κ3) is 7.13. The Labute approximate surface area is 166 Å². The highest BCUT2D eigenvalue weighted by molar-refractivity contribution is 6.31. The Morgan fingerprint density at radius 3 is 2.22 bits per heavy atom. The van der Waals surface area contributed by atoms with Gasteiger partial charge < -0.3 is 9.47 Å². The van der Waals surface area contributed by atoms with E-state index >= 15 is 0 Å². The first kappa shape index (κ1) is 23.4. The number of benzene rings is 1. The number of carbonyl (C=O) groups is 2. The molecule has 0 aliphatic heterocycles. The maximum atomic E-state index is 14.4. The van der Waals surface area contributed by atoms with Crippen LogP contribution in [0.2, 0.25) is 5.02 Å². The number of hydrogen-bond acceptors (Lipinski definition) is 4. The first-order valence-corrected chi connectivity index (χ1v) is 9.57. The third-order valence-electron chi connectivity index (χ3n) is 4.15. The highest BCUT2D eigenvalue weighted by Crippen LogP contribution is 2.36. The van der Waals surface area contributed by atoms with Crippen LogP contribution in [0.3, 0.4) is 0 Å². The maximum absolute atomic E-state index is 14.4. The average Bonchev–Trinajstić information content (AvgIpc) is 2.48. The van der Waals surface area contributed by atoms with Crippen LogP contribution in [0.25, 0.3) is 0 Å². The first-order chi connectivity index (χ1) is 12.3. The Morgan fingerprint density at radius 1 is 1.15 bits per heavy atom. The predicted molar refractivity (Wildman–Crippen MR) is 104 cm³/mol. The zero-order chi connectivity index (χ0) is 20.9. The van der Waals surface area contributed by atoms with Crippen molar-refractivity contribution in [3.05, 3.63) is 34.6 Å². The van der Waals surface area contributed by atoms with Crippen LogP contribution >= 0.6 is 11.6 Å². The van der Waals surface area contributed by atoms with Crippen molar-refractivity contribution >= 4 is 23.5 Å². The van der Waals surface area contributed by atoms with Crippen molar-refractivity contribution < 1.29 is 23.5 Å². The molecule has 0 aliphatic rings. The van der Waals surface area contributed by atoms with E-state index in [0.29, 0.717) is 10.6 Å². The number of halogens is 2. The van der Waals surface area contributed by atoms with E-state index in [9.17, 15) is 14.0 Å². The Bertz CT molecular complexity index is 646. The molecule has 1 aromatic carbocycles. The topological polar surface area (TPSA) is 52.6 Å². The number of ether oxygens (including phenoxy) is 2. The van der Waals surface area contributed by atoms with Gasteiger partial charge in [-0.3, -0.25) is 9.59 Å². The molecule has 0 saturated heterocycles. The van der Waals surface area contributed by atoms with Gasteiger partial charge in [0.1, 0.15) is 17.5 Å². The van der Waals surface area contributed by atoms with E-state index in [4.69, 9.17) is 21.1 Å². The summed E-state index contributed by atoms with van der Waals surface area (Å²) in [4.78, 5) is 24.3. The van der Waals surface area contributed by atoms with Gasteiger partial charge in [0.2, 0.25) is 0 Å². The summed E-state index contributed by atoms with van der Waals surface area (Å²) in [7, 11) is 0. The number of hydrogen-bond donors (Lipinski definition) is 0. The molecular weight excluding hydrogens is 371 g/mol. The molecule has 152 valence electrons. The van der Waals surface area contributed by atoms with Crippen molar-refractivity contribution in [2.24, 2.45) is 11.8 Å². The molecule has 0 fully saturated rings. The smallest absolute Gasteiger partial charge is 0.309 e. The van der Waals surface area contributed by atoms with Crippen LogP contribution < -0.4 is 0 Å². The Kier molecular flexibility index (Phi) is 8.27. The predicted octanol–water partition coefficient (Wildman–Crippen LogP) is 5.52. The van der Waals surface area contributed by atoms with Gasteiger partial charge in [0.15, 0.2) is 0 Å². The minimum Gasteiger partial charge on any atom is -0.462 e. The fourth-order valence-corrected chi connectivity index (χ4v) is 3.32. The third-order valence-corrected chi connectivity index (χ3v) is 4.48. The summed E-state index contributed by atoms with van der Waals surface area (Å²) in [5.74, 6) is -2.49. The molecule has 0 saturated carbocycles. The van der Waals surface area contributed by atoms with Gasteiger partial charge in [-0.05, 0) is 45.7 Å². The van der Waals surface area contributed by atoms with Crippen molar-refractivity contribution in [3.8, 4) is 0 Å². The van der Waals surface area contributed by atoms with Gasteiger partial charge in [-0.25, -0.2) is 4.39 Å². The molecule has 27 heavy (non-hydrogen) atoms. The van der Waals surface area contributed by atoms with Crippen LogP contribution in [-0.2, 0) is 19.1 Å². The lowest BCUT2D eigenvalue weighted by Gasteiger charge is -2.29. The zero-order valence-corrected chi connectivity index (χ0v) is 17.9. The standard InChI is InChI=1S/C21H30ClFO4/c1-12(2)18(19-15(22)9-8-10-16(19)23)14(4)26-20(25)13(3)11-17(24)27-21(5,6)7/h8-10,12-14,18H,11H2,1-7H3/t13-,14+,18-/m1/s1. The Morgan fingerprint density at radius 2 is 1.74 bits per heavy atom. The molecule has 0 spiro atoms. The summed E-state index contributed by atoms with van der Waals surface area (Å²) < 4.78 is 25.2. The maximum Gasteiger partial charge on any atom is 0.309 e. The quantitative estimate of drug-likeness (QED) is 0.565. The summed E-state index contributed by atoms with van der Waals surface area (Å²) >= 11 is 6.20. The van der Waals surface area contributed by atoms with E-state index in [2.05, 4.69) is 0 Å². The van der Waals surface area contributed by atoms with Crippen LogP contribution in [0.15, 0.2) is 18.2 Å². The molecule has 3 atom stereocenters. The second-order valence-corrected chi connectivity index (χ2v) is 8.65. The molecule has 0 N–H and O–H groups in total. The molecule has 0 aliphatic carbocycles. The fraction of sp³-hybridized carbons (Fsp3) is 0.619. The summed E-state index contributed by atoms with van der Waals surface area (Å²) in [5, 5.41) is 0.304. The van der Waals surface area contributed by atoms with Crippen molar-refractivity contribution in [2.75, 3.05) is 0 Å². The SMILES string of the molecule is CC(C)[C@@H](c1c(F)cccc1Cl)[C@H](C)OC(=O)[C@H](C)CC(=O)OC(C)(C)C. The molecule has 1 aromatic rings. The van der Waals surface area contributed by atoms with Crippen molar-refractivity contribution in [1.29, 1.82) is 0 Å². The number of esters is 2. The van der Waals surface area contributed by atoms with Crippen LogP contribution in [-0.4, -0.2) is 23.6 Å². The highest BCUT2D eigenvalue weighted by Gasteiger charge is 2.32. The molecule has 6 heteroatoms. The molecule has 4 nitrogen and oxygen atoms in total. The van der Waals surface area contributed by atoms with Crippen LogP contribution in [0.5, 0.6) is 0 Å². The molecule has 0 amide bonds. The minimum atomic E-state index is -0.661. The lowest BCUT2D eigenvalue weighted by Crippen LogP contribution is -2.31. The van der Waals surface area contributed by atoms with E-state index in [-0.39, 0.29) is 12.3 Å². The molecule has 0 radical (unpaired) electrons. The Hall–Kier alpha value is -1.62. The van der Waals surface area contributed by atoms with E-state index in [1.54, 1.807) is 40.7 Å². The van der Waals surface area contributed by atoms with Crippen molar-refractivity contribution in [3.63, 3.8) is 0 Å². The summed E-state index contributed by atoms with van der Waals surface area (Å²) in [5.41, 5.74) is -0.271. The van der Waals surface area contributed by atoms with Gasteiger partial charge in [-0.1, -0.05) is 38.4 Å². The summed E-state index contributed by atoms with van der Waals surface area (Å²) in [6.45, 7) is 12.5. The minimum absolute atomic E-state index is 0.0108. The van der Waals surface area contributed by atoms with Crippen molar-refractivity contribution in [2.45, 2.75) is 72.5 Å². The second-order valence-electron chi connectivity index (χ2n) is 8.24. The van der Waals surface area contributed by atoms with Gasteiger partial charge >= 0.3 is 11.9 Å². The van der Waals surface area contributed by atoms with Gasteiger partial charge in [0.25, 0.3) is 0 Å². The monoisotopic (exact) mass is 400 g/mol. The lowest BCUT2D eigenvalue weighted by molar-refractivity contribution is -0.163. The summed E-state index contributed by atoms with van der Waals surface area (Å²) in [6, 6.07) is 4.50. The van der Waals surface area contributed by atoms with Gasteiger partial charge in [0.05, 0.1) is 12.3 Å². The van der Waals surface area contributed by atoms with E-state index in [0.717, 1.165) is 0 Å². The van der Waals surface area contributed by atoms with Gasteiger partial charge in [0, 0.05) is 16.5 Å². The van der Waals surface area contributed by atoms with Crippen LogP contribution in [0.1, 0.15) is 66.4 Å². The second kappa shape index (κ2) is 9.54. The normalized spacial score (nSPS) is 15.2. The molecule has 0 heterocycles. The van der Waals surface area contributed by atoms with E-state index < -0.39 is 41.3 Å². The Balaban J connectivity index is 2.86. The molecule has 0 aromatic heterocycles. The molecular formula is C21H30ClFO4. The fourth-order valence-electron chi connectivity index (χ4n) is 3.03. The van der Waals surface area contributed by atoms with E-state index in [1.807, 2.05) is 13.8 Å². The molecule has 0 bridgehead atoms. The van der Waals surface area contributed by atoms with Gasteiger partial charge in [-0.15, -0.1) is 0 Å². The average molecular weight is 401 g/mol. The van der Waals surface area contributed by atoms with Crippen molar-refractivity contribution in [1.82, 2.24) is 0 Å². The summed E-state index contributed by atoms with van der Waals surface area (Å²) in [6.07, 6.45) is -0.678. The van der Waals surface area contributed by atoms with Crippen LogP contribution in [0, 0.1) is 17.7 Å². The largest absolute Gasteiger partial charge is 0.462 e. The van der Waals surface area contributed by atoms with Crippen LogP contribution in [0.4, 0.5) is 4.39 Å².